The number of ether oxygens (including phenoxy) is 1. The molecule has 6 heterocycles. The van der Waals surface area contributed by atoms with Crippen LogP contribution in [0.1, 0.15) is 21.5 Å². The number of aromatic nitrogens is 7. The minimum atomic E-state index is -4.51. The Morgan fingerprint density at radius 2 is 1.21 bits per heavy atom. The van der Waals surface area contributed by atoms with Crippen molar-refractivity contribution in [1.29, 1.82) is 0 Å². The van der Waals surface area contributed by atoms with Crippen molar-refractivity contribution in [1.82, 2.24) is 44.2 Å². The maximum Gasteiger partial charge on any atom is 0.416 e. The summed E-state index contributed by atoms with van der Waals surface area (Å²) in [6.45, 7) is 5.43. The fraction of sp³-hybridized carbons (Fsp3) is 0.291. The lowest BCUT2D eigenvalue weighted by Gasteiger charge is -2.27. The van der Waals surface area contributed by atoms with Crippen molar-refractivity contribution >= 4 is 86.2 Å². The lowest BCUT2D eigenvalue weighted by Crippen LogP contribution is -2.36. The van der Waals surface area contributed by atoms with E-state index in [9.17, 15) is 32.3 Å². The number of rotatable bonds is 18. The molecule has 0 atom stereocenters. The zero-order chi connectivity index (χ0) is 58.0. The molecule has 0 bridgehead atoms. The first-order valence-corrected chi connectivity index (χ1v) is 25.9. The quantitative estimate of drug-likeness (QED) is 0.0680. The van der Waals surface area contributed by atoms with Gasteiger partial charge in [0.05, 0.1) is 36.3 Å². The Labute approximate surface area is 472 Å². The van der Waals surface area contributed by atoms with Crippen LogP contribution in [0.5, 0.6) is 0 Å². The molecule has 81 heavy (non-hydrogen) atoms. The summed E-state index contributed by atoms with van der Waals surface area (Å²) in [5.74, 6) is 0.574. The molecule has 5 aromatic heterocycles. The summed E-state index contributed by atoms with van der Waals surface area (Å²) in [7, 11) is 10.5. The molecule has 3 aromatic carbocycles. The number of carbonyl (C=O) groups excluding carboxylic acids is 2. The highest BCUT2D eigenvalue weighted by Gasteiger charge is 2.30. The minimum Gasteiger partial charge on any atom is -0.412 e. The Kier molecular flexibility index (Phi) is 19.0. The van der Waals surface area contributed by atoms with E-state index in [1.807, 2.05) is 38.0 Å². The number of benzene rings is 3. The second-order valence-corrected chi connectivity index (χ2v) is 19.7. The number of pyridine rings is 3. The highest BCUT2D eigenvalue weighted by atomic mass is 35.5. The van der Waals surface area contributed by atoms with Gasteiger partial charge in [-0.05, 0) is 100 Å². The number of nitrogens with one attached hydrogen (secondary N) is 4. The molecule has 26 heteroatoms. The smallest absolute Gasteiger partial charge is 0.412 e. The maximum atomic E-state index is 13.5. The normalized spacial score (nSPS) is 12.5. The average Bonchev–Trinajstić information content (AvgIpc) is 3.46. The number of hydrogen-bond acceptors (Lipinski definition) is 17. The third-order valence-electron chi connectivity index (χ3n) is 12.5. The number of nitrogens with zero attached hydrogens (tertiary/aromatic N) is 10. The SMILES string of the molecule is COn1c(=O)c(-c2cc(NC(=O)Cc3cccc(C(F)(F)F)c3)ccc2Cl)cc2cnc(NCCN(C)C)nc21.COn1c(=O)c(-c2cc(NC(=O)c3ccnc(N4CCOCC4)c3)ccc2Cl)cc2cnc(NCCN(C)C)nc21. The van der Waals surface area contributed by atoms with Gasteiger partial charge in [0.2, 0.25) is 17.8 Å². The Morgan fingerprint density at radius 3 is 1.72 bits per heavy atom. The van der Waals surface area contributed by atoms with Gasteiger partial charge in [0.25, 0.3) is 17.0 Å². The first-order valence-electron chi connectivity index (χ1n) is 25.2. The molecular formula is C55H57Cl2F3N14O7. The number of alkyl halides is 3. The van der Waals surface area contributed by atoms with Crippen molar-refractivity contribution in [2.75, 3.05) is 121 Å². The van der Waals surface area contributed by atoms with Crippen LogP contribution in [-0.2, 0) is 22.1 Å². The van der Waals surface area contributed by atoms with Crippen molar-refractivity contribution in [3.8, 4) is 22.3 Å². The molecule has 1 aliphatic rings. The van der Waals surface area contributed by atoms with Gasteiger partial charge in [0, 0.05) is 107 Å². The summed E-state index contributed by atoms with van der Waals surface area (Å²) >= 11 is 13.0. The number of halogens is 5. The van der Waals surface area contributed by atoms with Crippen molar-refractivity contribution in [2.24, 2.45) is 0 Å². The number of morpholine rings is 1. The predicted octanol–water partition coefficient (Wildman–Crippen LogP) is 6.97. The third kappa shape index (κ3) is 14.7. The van der Waals surface area contributed by atoms with E-state index in [4.69, 9.17) is 37.6 Å². The number of likely N-dealkylation sites (N-methyl/N-ethyl adjacent to an activating group) is 2. The zero-order valence-corrected chi connectivity index (χ0v) is 46.4. The lowest BCUT2D eigenvalue weighted by molar-refractivity contribution is -0.137. The van der Waals surface area contributed by atoms with Gasteiger partial charge in [-0.25, -0.2) is 15.0 Å². The van der Waals surface area contributed by atoms with E-state index < -0.39 is 28.8 Å². The fourth-order valence-electron chi connectivity index (χ4n) is 8.41. The van der Waals surface area contributed by atoms with Crippen LogP contribution in [0.4, 0.5) is 42.3 Å². The van der Waals surface area contributed by atoms with Gasteiger partial charge >= 0.3 is 6.18 Å². The van der Waals surface area contributed by atoms with E-state index in [1.54, 1.807) is 61.1 Å². The minimum absolute atomic E-state index is 0.172. The molecular weight excluding hydrogens is 1100 g/mol. The van der Waals surface area contributed by atoms with Gasteiger partial charge in [0.15, 0.2) is 11.3 Å². The maximum absolute atomic E-state index is 13.5. The zero-order valence-electron chi connectivity index (χ0n) is 44.9. The number of amides is 2. The largest absolute Gasteiger partial charge is 0.416 e. The van der Waals surface area contributed by atoms with Gasteiger partial charge in [-0.1, -0.05) is 41.4 Å². The summed E-state index contributed by atoms with van der Waals surface area (Å²) in [6, 6.07) is 20.7. The molecule has 21 nitrogen and oxygen atoms in total. The van der Waals surface area contributed by atoms with E-state index in [1.165, 1.54) is 44.6 Å². The van der Waals surface area contributed by atoms with Crippen molar-refractivity contribution < 1.29 is 37.2 Å². The molecule has 424 valence electrons. The molecule has 4 N–H and O–H groups in total. The summed E-state index contributed by atoms with van der Waals surface area (Å²) in [4.78, 5) is 91.5. The second kappa shape index (κ2) is 26.2. The predicted molar refractivity (Wildman–Crippen MR) is 307 cm³/mol. The Hall–Kier alpha value is -8.42. The molecule has 1 fully saturated rings. The summed E-state index contributed by atoms with van der Waals surface area (Å²) in [6.07, 6.45) is -0.0138. The van der Waals surface area contributed by atoms with Crippen LogP contribution < -0.4 is 47.0 Å². The molecule has 0 aliphatic carbocycles. The van der Waals surface area contributed by atoms with E-state index in [2.05, 4.69) is 51.1 Å². The van der Waals surface area contributed by atoms with Crippen LogP contribution in [0.3, 0.4) is 0 Å². The first-order chi connectivity index (χ1) is 38.8. The number of carbonyl (C=O) groups is 2. The number of fused-ring (bicyclic) bond motifs is 2. The highest BCUT2D eigenvalue weighted by Crippen LogP contribution is 2.33. The van der Waals surface area contributed by atoms with Crippen LogP contribution in [0.2, 0.25) is 10.0 Å². The Morgan fingerprint density at radius 1 is 0.679 bits per heavy atom. The summed E-state index contributed by atoms with van der Waals surface area (Å²) in [5.41, 5.74) is 1.36. The van der Waals surface area contributed by atoms with Crippen LogP contribution in [0.25, 0.3) is 44.3 Å². The summed E-state index contributed by atoms with van der Waals surface area (Å²) < 4.78 is 46.6. The van der Waals surface area contributed by atoms with Gasteiger partial charge in [0.1, 0.15) is 20.0 Å². The molecule has 0 radical (unpaired) electrons. The van der Waals surface area contributed by atoms with Crippen molar-refractivity contribution in [3.05, 3.63) is 151 Å². The molecule has 1 aliphatic heterocycles. The van der Waals surface area contributed by atoms with Crippen LogP contribution >= 0.6 is 23.2 Å². The number of anilines is 5. The van der Waals surface area contributed by atoms with E-state index >= 15 is 0 Å². The van der Waals surface area contributed by atoms with E-state index in [0.29, 0.717) is 107 Å². The molecule has 9 rings (SSSR count). The van der Waals surface area contributed by atoms with E-state index in [-0.39, 0.29) is 39.7 Å². The van der Waals surface area contributed by atoms with Crippen molar-refractivity contribution in [3.63, 3.8) is 0 Å². The summed E-state index contributed by atoms with van der Waals surface area (Å²) in [5, 5.41) is 13.5. The molecule has 0 spiro atoms. The van der Waals surface area contributed by atoms with Crippen molar-refractivity contribution in [2.45, 2.75) is 12.6 Å². The Bertz CT molecular complexity index is 3710. The van der Waals surface area contributed by atoms with Crippen LogP contribution in [0.15, 0.2) is 113 Å². The fourth-order valence-corrected chi connectivity index (χ4v) is 8.85. The molecule has 0 unspecified atom stereocenters. The second-order valence-electron chi connectivity index (χ2n) is 18.9. The van der Waals surface area contributed by atoms with E-state index in [0.717, 1.165) is 34.7 Å². The van der Waals surface area contributed by atoms with Crippen LogP contribution in [0, 0.1) is 0 Å². The first kappa shape index (κ1) is 58.7. The van der Waals surface area contributed by atoms with Gasteiger partial charge in [-0.15, -0.1) is 9.46 Å². The van der Waals surface area contributed by atoms with Gasteiger partial charge < -0.3 is 50.4 Å². The standard InChI is InChI=1S/C28H31ClN8O4.C27H26ClF3N6O3/c1-35(2)9-8-31-28-32-17-19-14-22(27(39)37(40-3)25(19)34-28)21-16-20(4-5-23(21)29)33-26(38)18-6-7-30-24(15-18)36-10-12-41-13-11-36;1-36(2)10-9-32-26-33-15-17-13-21(25(39)37(40-3)24(17)35-26)20-14-19(7-8-22(20)28)34-23(38)12-16-5-4-6-18(11-16)27(29,30)31/h4-7,14-17H,8-13H2,1-3H3,(H,33,38)(H,31,32,34);4-8,11,13-15H,9-10,12H2,1-3H3,(H,34,38)(H,32,33,35). The average molecular weight is 1150 g/mol. The molecule has 2 amide bonds. The Balaban J connectivity index is 0.000000213. The van der Waals surface area contributed by atoms with Gasteiger partial charge in [-0.2, -0.15) is 23.1 Å². The topological polar surface area (TPSA) is 228 Å². The third-order valence-corrected chi connectivity index (χ3v) is 13.1. The molecule has 1 saturated heterocycles. The lowest BCUT2D eigenvalue weighted by atomic mass is 10.0. The van der Waals surface area contributed by atoms with Crippen LogP contribution in [-0.4, -0.2) is 151 Å². The molecule has 0 saturated carbocycles. The van der Waals surface area contributed by atoms with Gasteiger partial charge in [-0.3, -0.25) is 19.2 Å². The number of hydrogen-bond donors (Lipinski definition) is 4. The molecule has 8 aromatic rings. The highest BCUT2D eigenvalue weighted by molar-refractivity contribution is 6.34. The monoisotopic (exact) mass is 1150 g/mol.